The fourth-order valence-corrected chi connectivity index (χ4v) is 3.12. The van der Waals surface area contributed by atoms with E-state index in [0.29, 0.717) is 18.9 Å². The molecule has 0 radical (unpaired) electrons. The Morgan fingerprint density at radius 1 is 1.35 bits per heavy atom. The maximum atomic E-state index is 13.8. The zero-order valence-corrected chi connectivity index (χ0v) is 14.1. The highest BCUT2D eigenvalue weighted by molar-refractivity contribution is 14.1. The molecular formula is C14H9ClFIN2S. The molecule has 1 N–H and O–H groups in total. The van der Waals surface area contributed by atoms with E-state index >= 15 is 0 Å². The average molecular weight is 419 g/mol. The molecule has 0 spiro atoms. The first-order chi connectivity index (χ1) is 9.49. The van der Waals surface area contributed by atoms with E-state index in [4.69, 9.17) is 23.8 Å². The van der Waals surface area contributed by atoms with Crippen LogP contribution in [-0.4, -0.2) is 9.55 Å². The molecule has 1 heterocycles. The van der Waals surface area contributed by atoms with Crippen LogP contribution in [0, 0.1) is 21.1 Å². The van der Waals surface area contributed by atoms with Crippen molar-refractivity contribution in [1.82, 2.24) is 9.55 Å². The van der Waals surface area contributed by atoms with E-state index < -0.39 is 0 Å². The summed E-state index contributed by atoms with van der Waals surface area (Å²) in [4.78, 5) is 3.10. The number of imidazole rings is 1. The van der Waals surface area contributed by atoms with Gasteiger partial charge in [-0.1, -0.05) is 17.7 Å². The molecule has 20 heavy (non-hydrogen) atoms. The summed E-state index contributed by atoms with van der Waals surface area (Å²) in [5.41, 5.74) is 3.28. The minimum atomic E-state index is -0.263. The number of hydrogen-bond acceptors (Lipinski definition) is 1. The molecular weight excluding hydrogens is 410 g/mol. The van der Waals surface area contributed by atoms with Gasteiger partial charge in [0, 0.05) is 11.1 Å². The summed E-state index contributed by atoms with van der Waals surface area (Å²) in [6.45, 7) is 1.92. The Morgan fingerprint density at radius 3 is 2.85 bits per heavy atom. The summed E-state index contributed by atoms with van der Waals surface area (Å²) in [6, 6.07) is 8.83. The van der Waals surface area contributed by atoms with E-state index in [1.54, 1.807) is 6.07 Å². The predicted molar refractivity (Wildman–Crippen MR) is 90.9 cm³/mol. The number of rotatable bonds is 1. The van der Waals surface area contributed by atoms with Crippen LogP contribution in [0.15, 0.2) is 30.3 Å². The third-order valence-electron chi connectivity index (χ3n) is 3.20. The Balaban J connectivity index is 2.42. The largest absolute Gasteiger partial charge is 0.330 e. The van der Waals surface area contributed by atoms with Crippen LogP contribution in [0.4, 0.5) is 4.39 Å². The molecule has 0 aliphatic carbocycles. The molecule has 0 amide bonds. The number of halogens is 3. The summed E-state index contributed by atoms with van der Waals surface area (Å²) in [5.74, 6) is -0.263. The van der Waals surface area contributed by atoms with Gasteiger partial charge < -0.3 is 4.98 Å². The van der Waals surface area contributed by atoms with Gasteiger partial charge in [0.15, 0.2) is 4.77 Å². The molecule has 2 aromatic carbocycles. The zero-order valence-electron chi connectivity index (χ0n) is 10.4. The third-order valence-corrected chi connectivity index (χ3v) is 4.72. The van der Waals surface area contributed by atoms with Crippen molar-refractivity contribution < 1.29 is 4.39 Å². The fraction of sp³-hybridized carbons (Fsp3) is 0.0714. The van der Waals surface area contributed by atoms with Crippen LogP contribution in [0.3, 0.4) is 0 Å². The van der Waals surface area contributed by atoms with Crippen LogP contribution < -0.4 is 0 Å². The number of benzene rings is 2. The second-order valence-corrected chi connectivity index (χ2v) is 6.39. The van der Waals surface area contributed by atoms with Crippen molar-refractivity contribution in [3.63, 3.8) is 0 Å². The van der Waals surface area contributed by atoms with Gasteiger partial charge in [-0.2, -0.15) is 0 Å². The number of aromatic amines is 1. The van der Waals surface area contributed by atoms with Crippen LogP contribution in [0.2, 0.25) is 5.02 Å². The highest BCUT2D eigenvalue weighted by Gasteiger charge is 2.12. The first kappa shape index (κ1) is 14.0. The van der Waals surface area contributed by atoms with E-state index in [9.17, 15) is 4.39 Å². The molecule has 3 aromatic rings. The van der Waals surface area contributed by atoms with E-state index in [1.807, 2.05) is 52.3 Å². The van der Waals surface area contributed by atoms with E-state index in [1.165, 1.54) is 6.07 Å². The molecule has 0 bridgehead atoms. The van der Waals surface area contributed by atoms with Crippen molar-refractivity contribution in [2.24, 2.45) is 0 Å². The molecule has 0 aliphatic heterocycles. The van der Waals surface area contributed by atoms with Gasteiger partial charge in [0.1, 0.15) is 5.82 Å². The topological polar surface area (TPSA) is 20.7 Å². The lowest BCUT2D eigenvalue weighted by atomic mass is 10.2. The lowest BCUT2D eigenvalue weighted by Crippen LogP contribution is -1.98. The number of nitrogens with one attached hydrogen (secondary N) is 1. The van der Waals surface area contributed by atoms with E-state index in [0.717, 1.165) is 16.8 Å². The van der Waals surface area contributed by atoms with Gasteiger partial charge in [-0.3, -0.25) is 4.57 Å². The van der Waals surface area contributed by atoms with E-state index in [2.05, 4.69) is 4.98 Å². The molecule has 0 saturated carbocycles. The molecule has 0 aliphatic rings. The first-order valence-electron chi connectivity index (χ1n) is 5.84. The van der Waals surface area contributed by atoms with Crippen LogP contribution in [-0.2, 0) is 0 Å². The minimum Gasteiger partial charge on any atom is -0.330 e. The van der Waals surface area contributed by atoms with Crippen LogP contribution >= 0.6 is 46.4 Å². The number of nitrogens with zero attached hydrogens (tertiary/aromatic N) is 1. The quantitative estimate of drug-likeness (QED) is 0.415. The maximum absolute atomic E-state index is 13.8. The molecule has 2 nitrogen and oxygen atoms in total. The lowest BCUT2D eigenvalue weighted by molar-refractivity contribution is 0.622. The Bertz CT molecular complexity index is 885. The minimum absolute atomic E-state index is 0.263. The van der Waals surface area contributed by atoms with Crippen molar-refractivity contribution in [1.29, 1.82) is 0 Å². The van der Waals surface area contributed by atoms with Gasteiger partial charge in [-0.25, -0.2) is 4.39 Å². The highest BCUT2D eigenvalue weighted by atomic mass is 127. The normalized spacial score (nSPS) is 11.2. The van der Waals surface area contributed by atoms with Crippen LogP contribution in [0.1, 0.15) is 5.56 Å². The SMILES string of the molecule is Cc1c(Cl)cccc1-n1c(=S)[nH]c2cc(I)c(F)cc21. The molecule has 102 valence electrons. The predicted octanol–water partition coefficient (Wildman–Crippen LogP) is 5.39. The second kappa shape index (κ2) is 5.13. The number of H-pyrrole nitrogens is 1. The third kappa shape index (κ3) is 2.17. The molecule has 0 saturated heterocycles. The second-order valence-electron chi connectivity index (χ2n) is 4.43. The smallest absolute Gasteiger partial charge is 0.182 e. The van der Waals surface area contributed by atoms with Crippen molar-refractivity contribution >= 4 is 57.4 Å². The summed E-state index contributed by atoms with van der Waals surface area (Å²) in [7, 11) is 0. The van der Waals surface area contributed by atoms with Gasteiger partial charge in [0.2, 0.25) is 0 Å². The molecule has 0 unspecified atom stereocenters. The average Bonchev–Trinajstić information content (AvgIpc) is 2.69. The standard InChI is InChI=1S/C14H9ClFIN2S/c1-7-8(15)3-2-4-12(7)19-13-5-9(16)10(17)6-11(13)18-14(19)20/h2-6H,1H3,(H,18,20). The van der Waals surface area contributed by atoms with Gasteiger partial charge in [0.05, 0.1) is 20.3 Å². The van der Waals surface area contributed by atoms with Crippen molar-refractivity contribution in [3.05, 3.63) is 55.1 Å². The van der Waals surface area contributed by atoms with Gasteiger partial charge in [0.25, 0.3) is 0 Å². The zero-order chi connectivity index (χ0) is 14.4. The van der Waals surface area contributed by atoms with Gasteiger partial charge >= 0.3 is 0 Å². The monoisotopic (exact) mass is 418 g/mol. The number of hydrogen-bond donors (Lipinski definition) is 1. The lowest BCUT2D eigenvalue weighted by Gasteiger charge is -2.09. The highest BCUT2D eigenvalue weighted by Crippen LogP contribution is 2.28. The van der Waals surface area contributed by atoms with Crippen molar-refractivity contribution in [2.75, 3.05) is 0 Å². The van der Waals surface area contributed by atoms with Crippen LogP contribution in [0.5, 0.6) is 0 Å². The van der Waals surface area contributed by atoms with Gasteiger partial charge in [-0.05, 0) is 65.5 Å². The maximum Gasteiger partial charge on any atom is 0.182 e. The molecule has 1 aromatic heterocycles. The van der Waals surface area contributed by atoms with Crippen molar-refractivity contribution in [2.45, 2.75) is 6.92 Å². The summed E-state index contributed by atoms with van der Waals surface area (Å²) < 4.78 is 16.7. The molecule has 6 heteroatoms. The Hall–Kier alpha value is -0.920. The number of aromatic nitrogens is 2. The van der Waals surface area contributed by atoms with Crippen LogP contribution in [0.25, 0.3) is 16.7 Å². The molecule has 0 atom stereocenters. The first-order valence-corrected chi connectivity index (χ1v) is 7.71. The fourth-order valence-electron chi connectivity index (χ4n) is 2.18. The molecule has 3 rings (SSSR count). The Kier molecular flexibility index (Phi) is 3.60. The summed E-state index contributed by atoms with van der Waals surface area (Å²) >= 11 is 13.5. The number of fused-ring (bicyclic) bond motifs is 1. The summed E-state index contributed by atoms with van der Waals surface area (Å²) in [5, 5.41) is 0.657. The Morgan fingerprint density at radius 2 is 2.10 bits per heavy atom. The molecule has 0 fully saturated rings. The van der Waals surface area contributed by atoms with Crippen molar-refractivity contribution in [3.8, 4) is 5.69 Å². The summed E-state index contributed by atoms with van der Waals surface area (Å²) in [6.07, 6.45) is 0. The van der Waals surface area contributed by atoms with E-state index in [-0.39, 0.29) is 5.82 Å². The van der Waals surface area contributed by atoms with Gasteiger partial charge in [-0.15, -0.1) is 0 Å². The Labute approximate surface area is 138 Å².